The van der Waals surface area contributed by atoms with E-state index in [0.717, 1.165) is 5.56 Å². The molecule has 0 unspecified atom stereocenters. The summed E-state index contributed by atoms with van der Waals surface area (Å²) < 4.78 is 1.17. The van der Waals surface area contributed by atoms with Crippen molar-refractivity contribution in [3.05, 3.63) is 63.5 Å². The zero-order valence-electron chi connectivity index (χ0n) is 7.94. The van der Waals surface area contributed by atoms with Gasteiger partial charge >= 0.3 is 0 Å². The Labute approximate surface area is 102 Å². The molecule has 74 valence electrons. The molecule has 2 rings (SSSR count). The van der Waals surface area contributed by atoms with Crippen molar-refractivity contribution < 1.29 is 0 Å². The van der Waals surface area contributed by atoms with Crippen LogP contribution >= 0.6 is 22.6 Å². The van der Waals surface area contributed by atoms with Crippen LogP contribution in [0, 0.1) is 8.98 Å². The van der Waals surface area contributed by atoms with Crippen LogP contribution in [-0.4, -0.2) is 10.7 Å². The van der Waals surface area contributed by atoms with E-state index in [0.29, 0.717) is 11.4 Å². The van der Waals surface area contributed by atoms with E-state index >= 15 is 0 Å². The normalized spacial score (nSPS) is 9.93. The number of hydrogen-bond donors (Lipinski definition) is 1. The van der Waals surface area contributed by atoms with Gasteiger partial charge in [-0.1, -0.05) is 18.2 Å². The summed E-state index contributed by atoms with van der Waals surface area (Å²) in [6.45, 7) is 0. The van der Waals surface area contributed by atoms with Crippen LogP contribution in [0.15, 0.2) is 48.7 Å². The highest BCUT2D eigenvalue weighted by molar-refractivity contribution is 14.1. The lowest BCUT2D eigenvalue weighted by atomic mass is 10.1. The average molecular weight is 308 g/mol. The Morgan fingerprint density at radius 1 is 1.07 bits per heavy atom. The van der Waals surface area contributed by atoms with Gasteiger partial charge in [0.15, 0.2) is 0 Å². The van der Waals surface area contributed by atoms with Crippen LogP contribution in [0.2, 0.25) is 0 Å². The molecule has 0 aliphatic carbocycles. The monoisotopic (exact) mass is 308 g/mol. The predicted octanol–water partition coefficient (Wildman–Crippen LogP) is 3.10. The van der Waals surface area contributed by atoms with Crippen molar-refractivity contribution >= 4 is 28.3 Å². The maximum absolute atomic E-state index is 7.98. The first-order valence-corrected chi connectivity index (χ1v) is 5.61. The van der Waals surface area contributed by atoms with E-state index in [4.69, 9.17) is 5.41 Å². The molecular weight excluding hydrogens is 299 g/mol. The van der Waals surface area contributed by atoms with Crippen molar-refractivity contribution in [3.8, 4) is 0 Å². The van der Waals surface area contributed by atoms with Gasteiger partial charge in [0.2, 0.25) is 0 Å². The number of rotatable bonds is 2. The van der Waals surface area contributed by atoms with E-state index < -0.39 is 0 Å². The van der Waals surface area contributed by atoms with Crippen molar-refractivity contribution in [1.29, 1.82) is 5.41 Å². The molecule has 0 saturated carbocycles. The minimum absolute atomic E-state index is 0.465. The van der Waals surface area contributed by atoms with Crippen LogP contribution in [0.25, 0.3) is 0 Å². The maximum Gasteiger partial charge on any atom is 0.0885 e. The Bertz CT molecular complexity index is 463. The number of nitrogens with zero attached hydrogens (tertiary/aromatic N) is 1. The zero-order valence-corrected chi connectivity index (χ0v) is 10.1. The van der Waals surface area contributed by atoms with Gasteiger partial charge in [0.05, 0.1) is 11.4 Å². The Balaban J connectivity index is 2.33. The van der Waals surface area contributed by atoms with E-state index in [2.05, 4.69) is 27.6 Å². The molecule has 0 aliphatic heterocycles. The van der Waals surface area contributed by atoms with E-state index in [9.17, 15) is 0 Å². The molecule has 0 spiro atoms. The fourth-order valence-corrected chi connectivity index (χ4v) is 1.63. The fraction of sp³-hybridized carbons (Fsp3) is 0. The van der Waals surface area contributed by atoms with Crippen molar-refractivity contribution in [2.45, 2.75) is 0 Å². The smallest absolute Gasteiger partial charge is 0.0885 e. The molecule has 0 fully saturated rings. The van der Waals surface area contributed by atoms with Gasteiger partial charge < -0.3 is 0 Å². The van der Waals surface area contributed by atoms with Crippen LogP contribution in [0.4, 0.5) is 0 Å². The van der Waals surface area contributed by atoms with Gasteiger partial charge in [0, 0.05) is 15.3 Å². The predicted molar refractivity (Wildman–Crippen MR) is 69.3 cm³/mol. The molecule has 0 saturated heterocycles. The van der Waals surface area contributed by atoms with Gasteiger partial charge in [0.1, 0.15) is 0 Å². The van der Waals surface area contributed by atoms with Crippen LogP contribution in [0.5, 0.6) is 0 Å². The molecule has 1 aromatic heterocycles. The lowest BCUT2D eigenvalue weighted by molar-refractivity contribution is 1.27. The number of benzene rings is 1. The highest BCUT2D eigenvalue weighted by Crippen LogP contribution is 2.10. The Hall–Kier alpha value is -1.23. The summed E-state index contributed by atoms with van der Waals surface area (Å²) in [6, 6.07) is 13.5. The second kappa shape index (κ2) is 4.53. The van der Waals surface area contributed by atoms with Crippen molar-refractivity contribution in [2.75, 3.05) is 0 Å². The minimum atomic E-state index is 0.465. The quantitative estimate of drug-likeness (QED) is 0.672. The van der Waals surface area contributed by atoms with E-state index in [-0.39, 0.29) is 0 Å². The Morgan fingerprint density at radius 3 is 2.40 bits per heavy atom. The largest absolute Gasteiger partial charge is 0.298 e. The summed E-state index contributed by atoms with van der Waals surface area (Å²) in [6.07, 6.45) is 1.70. The number of pyridine rings is 1. The van der Waals surface area contributed by atoms with Gasteiger partial charge in [-0.3, -0.25) is 10.4 Å². The summed E-state index contributed by atoms with van der Waals surface area (Å²) in [5.41, 5.74) is 2.07. The Kier molecular flexibility index (Phi) is 3.11. The van der Waals surface area contributed by atoms with Gasteiger partial charge in [-0.15, -0.1) is 0 Å². The van der Waals surface area contributed by atoms with Gasteiger partial charge in [0.25, 0.3) is 0 Å². The highest BCUT2D eigenvalue weighted by atomic mass is 127. The third kappa shape index (κ3) is 2.41. The summed E-state index contributed by atoms with van der Waals surface area (Å²) >= 11 is 2.25. The molecule has 15 heavy (non-hydrogen) atoms. The van der Waals surface area contributed by atoms with Crippen LogP contribution in [-0.2, 0) is 0 Å². The SMILES string of the molecule is N=C(c1ccc(I)cc1)c1ccccn1. The fourth-order valence-electron chi connectivity index (χ4n) is 1.28. The van der Waals surface area contributed by atoms with E-state index in [1.165, 1.54) is 3.57 Å². The molecule has 0 radical (unpaired) electrons. The second-order valence-corrected chi connectivity index (χ2v) is 4.34. The topological polar surface area (TPSA) is 36.7 Å². The molecule has 3 heteroatoms. The van der Waals surface area contributed by atoms with Crippen molar-refractivity contribution in [2.24, 2.45) is 0 Å². The average Bonchev–Trinajstić information content (AvgIpc) is 2.30. The maximum atomic E-state index is 7.98. The summed E-state index contributed by atoms with van der Waals surface area (Å²) in [7, 11) is 0. The minimum Gasteiger partial charge on any atom is -0.298 e. The van der Waals surface area contributed by atoms with Crippen molar-refractivity contribution in [1.82, 2.24) is 4.98 Å². The first-order chi connectivity index (χ1) is 7.27. The summed E-state index contributed by atoms with van der Waals surface area (Å²) in [5.74, 6) is 0. The van der Waals surface area contributed by atoms with Crippen LogP contribution in [0.1, 0.15) is 11.3 Å². The van der Waals surface area contributed by atoms with Gasteiger partial charge in [-0.25, -0.2) is 0 Å². The summed E-state index contributed by atoms with van der Waals surface area (Å²) in [5, 5.41) is 7.98. The third-order valence-corrected chi connectivity index (χ3v) is 2.77. The van der Waals surface area contributed by atoms with Crippen molar-refractivity contribution in [3.63, 3.8) is 0 Å². The van der Waals surface area contributed by atoms with E-state index in [1.807, 2.05) is 42.5 Å². The summed E-state index contributed by atoms with van der Waals surface area (Å²) in [4.78, 5) is 4.15. The molecule has 0 aliphatic rings. The number of halogens is 1. The molecule has 1 aromatic carbocycles. The van der Waals surface area contributed by atoms with Crippen LogP contribution in [0.3, 0.4) is 0 Å². The highest BCUT2D eigenvalue weighted by Gasteiger charge is 2.04. The standard InChI is InChI=1S/C12H9IN2/c13-10-6-4-9(5-7-10)12(14)11-3-1-2-8-15-11/h1-8,14H. The van der Waals surface area contributed by atoms with Crippen LogP contribution < -0.4 is 0 Å². The number of nitrogens with one attached hydrogen (secondary N) is 1. The van der Waals surface area contributed by atoms with Gasteiger partial charge in [-0.05, 0) is 46.9 Å². The Morgan fingerprint density at radius 2 is 1.80 bits per heavy atom. The first-order valence-electron chi connectivity index (χ1n) is 4.53. The lowest BCUT2D eigenvalue weighted by Gasteiger charge is -2.02. The molecule has 2 aromatic rings. The molecular formula is C12H9IN2. The molecule has 1 N–H and O–H groups in total. The molecule has 0 amide bonds. The lowest BCUT2D eigenvalue weighted by Crippen LogP contribution is -2.03. The first kappa shape index (κ1) is 10.3. The molecule has 1 heterocycles. The molecule has 0 bridgehead atoms. The molecule has 2 nitrogen and oxygen atoms in total. The molecule has 0 atom stereocenters. The second-order valence-electron chi connectivity index (χ2n) is 3.10. The van der Waals surface area contributed by atoms with E-state index in [1.54, 1.807) is 6.20 Å². The zero-order chi connectivity index (χ0) is 10.7. The number of aromatic nitrogens is 1. The van der Waals surface area contributed by atoms with Gasteiger partial charge in [-0.2, -0.15) is 0 Å². The number of hydrogen-bond acceptors (Lipinski definition) is 2. The third-order valence-electron chi connectivity index (χ3n) is 2.05.